The molecule has 1 aromatic heterocycles. The zero-order valence-electron chi connectivity index (χ0n) is 18.7. The first-order valence-corrected chi connectivity index (χ1v) is 11.2. The molecule has 1 fully saturated rings. The van der Waals surface area contributed by atoms with Gasteiger partial charge in [-0.05, 0) is 42.2 Å². The number of nitrogens with one attached hydrogen (secondary N) is 2. The van der Waals surface area contributed by atoms with Gasteiger partial charge in [0.05, 0.1) is 30.6 Å². The molecule has 2 aromatic carbocycles. The number of hydrogen-bond acceptors (Lipinski definition) is 5. The summed E-state index contributed by atoms with van der Waals surface area (Å²) in [6.45, 7) is 0.649. The van der Waals surface area contributed by atoms with E-state index < -0.39 is 12.0 Å². The van der Waals surface area contributed by atoms with Crippen LogP contribution in [0.5, 0.6) is 0 Å². The Balaban J connectivity index is 1.31. The summed E-state index contributed by atoms with van der Waals surface area (Å²) in [7, 11) is 1.27. The molecule has 0 bridgehead atoms. The number of ether oxygens (including phenoxy) is 1. The van der Waals surface area contributed by atoms with Crippen molar-refractivity contribution in [1.82, 2.24) is 15.1 Å². The fourth-order valence-electron chi connectivity index (χ4n) is 4.86. The Kier molecular flexibility index (Phi) is 5.59. The van der Waals surface area contributed by atoms with E-state index in [1.807, 2.05) is 23.1 Å². The molecule has 1 saturated heterocycles. The molecule has 1 aliphatic heterocycles. The van der Waals surface area contributed by atoms with Crippen LogP contribution in [0.1, 0.15) is 36.4 Å². The topological polar surface area (TPSA) is 88.5 Å². The van der Waals surface area contributed by atoms with Crippen molar-refractivity contribution in [3.63, 3.8) is 0 Å². The zero-order valence-corrected chi connectivity index (χ0v) is 18.7. The minimum atomic E-state index is -2.59. The van der Waals surface area contributed by atoms with E-state index in [9.17, 15) is 18.4 Å². The third-order valence-corrected chi connectivity index (χ3v) is 6.60. The number of piperidine rings is 1. The van der Waals surface area contributed by atoms with Gasteiger partial charge in [-0.25, -0.2) is 18.4 Å². The van der Waals surface area contributed by atoms with Gasteiger partial charge >= 0.3 is 12.1 Å². The normalized spacial score (nSPS) is 19.0. The summed E-state index contributed by atoms with van der Waals surface area (Å²) in [4.78, 5) is 26.7. The Morgan fingerprint density at radius 2 is 1.91 bits per heavy atom. The number of carbonyl (C=O) groups is 2. The molecule has 34 heavy (non-hydrogen) atoms. The van der Waals surface area contributed by atoms with E-state index in [4.69, 9.17) is 4.74 Å². The maximum atomic E-state index is 13.6. The maximum absolute atomic E-state index is 13.6. The summed E-state index contributed by atoms with van der Waals surface area (Å²) in [5.74, 6) is -2.59. The number of halogens is 2. The summed E-state index contributed by atoms with van der Waals surface area (Å²) in [6, 6.07) is 10.5. The van der Waals surface area contributed by atoms with Crippen LogP contribution < -0.4 is 15.5 Å². The number of methoxy groups -OCH3 is 1. The van der Waals surface area contributed by atoms with E-state index in [0.29, 0.717) is 29.7 Å². The zero-order chi connectivity index (χ0) is 23.9. The van der Waals surface area contributed by atoms with Gasteiger partial charge < -0.3 is 20.3 Å². The second-order valence-corrected chi connectivity index (χ2v) is 8.64. The first-order chi connectivity index (χ1) is 16.4. The lowest BCUT2D eigenvalue weighted by atomic mass is 10.0. The summed E-state index contributed by atoms with van der Waals surface area (Å²) in [5.41, 5.74) is 4.15. The van der Waals surface area contributed by atoms with E-state index in [2.05, 4.69) is 15.7 Å². The molecule has 2 N–H and O–H groups in total. The van der Waals surface area contributed by atoms with Gasteiger partial charge in [0.25, 0.3) is 5.92 Å². The number of benzene rings is 2. The summed E-state index contributed by atoms with van der Waals surface area (Å²) < 4.78 is 33.1. The molecule has 3 aromatic rings. The van der Waals surface area contributed by atoms with Gasteiger partial charge in [-0.2, -0.15) is 9.78 Å². The van der Waals surface area contributed by atoms with Gasteiger partial charge in [0, 0.05) is 37.0 Å². The number of carbonyl (C=O) groups excluding carboxylic acids is 2. The highest BCUT2D eigenvalue weighted by Gasteiger charge is 2.35. The highest BCUT2D eigenvalue weighted by Crippen LogP contribution is 2.39. The number of urea groups is 1. The average molecular weight is 469 g/mol. The fourth-order valence-corrected chi connectivity index (χ4v) is 4.86. The van der Waals surface area contributed by atoms with E-state index >= 15 is 0 Å². The standard InChI is InChI=1S/C24H25F2N5O3/c1-34-23(33)31-21-7-3-5-18(17(21)14-27-31)28-22(32)29-19-9-8-16-15(19)4-2-6-20(16)30-12-10-24(25,26)11-13-30/h2-7,14,19H,8-13H2,1H3,(H2,28,29,32). The lowest BCUT2D eigenvalue weighted by molar-refractivity contribution is -0.0220. The van der Waals surface area contributed by atoms with Crippen LogP contribution in [-0.2, 0) is 11.2 Å². The molecule has 2 heterocycles. The second-order valence-electron chi connectivity index (χ2n) is 8.64. The van der Waals surface area contributed by atoms with Crippen molar-refractivity contribution in [2.45, 2.75) is 37.6 Å². The van der Waals surface area contributed by atoms with Crippen molar-refractivity contribution in [2.24, 2.45) is 0 Å². The van der Waals surface area contributed by atoms with Crippen LogP contribution in [0.3, 0.4) is 0 Å². The van der Waals surface area contributed by atoms with Crippen molar-refractivity contribution in [2.75, 3.05) is 30.4 Å². The molecule has 1 atom stereocenters. The Bertz CT molecular complexity index is 1250. The van der Waals surface area contributed by atoms with Crippen molar-refractivity contribution >= 4 is 34.4 Å². The van der Waals surface area contributed by atoms with Gasteiger partial charge in [-0.3, -0.25) is 0 Å². The van der Waals surface area contributed by atoms with E-state index in [1.165, 1.54) is 13.3 Å². The molecule has 8 nitrogen and oxygen atoms in total. The number of rotatable bonds is 3. The maximum Gasteiger partial charge on any atom is 0.434 e. The largest absolute Gasteiger partial charge is 0.451 e. The smallest absolute Gasteiger partial charge is 0.434 e. The SMILES string of the molecule is COC(=O)n1ncc2c(NC(=O)NC3CCc4c3cccc4N3CCC(F)(F)CC3)cccc21. The fraction of sp³-hybridized carbons (Fsp3) is 0.375. The Morgan fingerprint density at radius 1 is 1.15 bits per heavy atom. The molecule has 2 aliphatic rings. The molecule has 2 amide bonds. The lowest BCUT2D eigenvalue weighted by Gasteiger charge is -2.34. The third kappa shape index (κ3) is 4.04. The number of aromatic nitrogens is 2. The van der Waals surface area contributed by atoms with Crippen molar-refractivity contribution in [3.8, 4) is 0 Å². The number of hydrogen-bond donors (Lipinski definition) is 2. The van der Waals surface area contributed by atoms with Gasteiger partial charge in [0.15, 0.2) is 0 Å². The first kappa shape index (κ1) is 22.1. The minimum Gasteiger partial charge on any atom is -0.451 e. The molecule has 10 heteroatoms. The van der Waals surface area contributed by atoms with E-state index in [-0.39, 0.29) is 24.9 Å². The van der Waals surface area contributed by atoms with Gasteiger partial charge in [0.1, 0.15) is 0 Å². The predicted octanol–water partition coefficient (Wildman–Crippen LogP) is 4.70. The first-order valence-electron chi connectivity index (χ1n) is 11.2. The quantitative estimate of drug-likeness (QED) is 0.581. The number of alkyl halides is 2. The monoisotopic (exact) mass is 469 g/mol. The number of anilines is 2. The number of fused-ring (bicyclic) bond motifs is 2. The van der Waals surface area contributed by atoms with Crippen LogP contribution >= 0.6 is 0 Å². The molecule has 0 spiro atoms. The summed E-state index contributed by atoms with van der Waals surface area (Å²) in [6.07, 6.45) is 2.10. The summed E-state index contributed by atoms with van der Waals surface area (Å²) >= 11 is 0. The van der Waals surface area contributed by atoms with Crippen LogP contribution in [0.15, 0.2) is 42.6 Å². The average Bonchev–Trinajstić information content (AvgIpc) is 3.44. The molecule has 0 radical (unpaired) electrons. The number of nitrogens with zero attached hydrogens (tertiary/aromatic N) is 3. The molecule has 1 unspecified atom stereocenters. The second kappa shape index (κ2) is 8.58. The van der Waals surface area contributed by atoms with Crippen LogP contribution in [0.4, 0.5) is 29.7 Å². The van der Waals surface area contributed by atoms with Crippen LogP contribution in [0.2, 0.25) is 0 Å². The Labute approximate surface area is 194 Å². The highest BCUT2D eigenvalue weighted by atomic mass is 19.3. The van der Waals surface area contributed by atoms with Crippen molar-refractivity contribution in [3.05, 3.63) is 53.7 Å². The van der Waals surface area contributed by atoms with E-state index in [1.54, 1.807) is 18.2 Å². The van der Waals surface area contributed by atoms with Crippen molar-refractivity contribution in [1.29, 1.82) is 0 Å². The predicted molar refractivity (Wildman–Crippen MR) is 124 cm³/mol. The van der Waals surface area contributed by atoms with E-state index in [0.717, 1.165) is 34.3 Å². The molecule has 1 aliphatic carbocycles. The Hall–Kier alpha value is -3.69. The number of amides is 2. The molecule has 0 saturated carbocycles. The molecule has 5 rings (SSSR count). The summed E-state index contributed by atoms with van der Waals surface area (Å²) in [5, 5.41) is 10.5. The lowest BCUT2D eigenvalue weighted by Crippen LogP contribution is -2.39. The molecule has 178 valence electrons. The highest BCUT2D eigenvalue weighted by molar-refractivity contribution is 6.02. The van der Waals surface area contributed by atoms with Crippen LogP contribution in [0, 0.1) is 0 Å². The third-order valence-electron chi connectivity index (χ3n) is 6.60. The van der Waals surface area contributed by atoms with Gasteiger partial charge in [-0.15, -0.1) is 0 Å². The Morgan fingerprint density at radius 3 is 2.68 bits per heavy atom. The van der Waals surface area contributed by atoms with Gasteiger partial charge in [-0.1, -0.05) is 18.2 Å². The minimum absolute atomic E-state index is 0.140. The van der Waals surface area contributed by atoms with Gasteiger partial charge in [0.2, 0.25) is 0 Å². The van der Waals surface area contributed by atoms with Crippen LogP contribution in [0.25, 0.3) is 10.9 Å². The molecular formula is C24H25F2N5O3. The van der Waals surface area contributed by atoms with Crippen molar-refractivity contribution < 1.29 is 23.1 Å². The molecular weight excluding hydrogens is 444 g/mol. The van der Waals surface area contributed by atoms with Crippen LogP contribution in [-0.4, -0.2) is 48.0 Å².